The molecule has 86 valence electrons. The molecule has 1 aliphatic heterocycles. The van der Waals surface area contributed by atoms with E-state index in [1.54, 1.807) is 11.9 Å². The molecule has 5 nitrogen and oxygen atoms in total. The van der Waals surface area contributed by atoms with Gasteiger partial charge in [-0.1, -0.05) is 0 Å². The van der Waals surface area contributed by atoms with Crippen LogP contribution in [0.1, 0.15) is 25.7 Å². The summed E-state index contributed by atoms with van der Waals surface area (Å²) in [7, 11) is 1.76. The highest BCUT2D eigenvalue weighted by Gasteiger charge is 2.19. The van der Waals surface area contributed by atoms with E-state index in [2.05, 4.69) is 0 Å². The summed E-state index contributed by atoms with van der Waals surface area (Å²) in [5.74, 6) is 0.133. The van der Waals surface area contributed by atoms with E-state index in [1.165, 1.54) is 6.42 Å². The van der Waals surface area contributed by atoms with Crippen LogP contribution < -0.4 is 5.73 Å². The number of amidine groups is 1. The lowest BCUT2D eigenvalue weighted by atomic mass is 10.1. The third-order valence-corrected chi connectivity index (χ3v) is 2.67. The number of nitrogens with two attached hydrogens (primary N) is 1. The van der Waals surface area contributed by atoms with Gasteiger partial charge < -0.3 is 15.5 Å². The van der Waals surface area contributed by atoms with Crippen LogP contribution in [0.25, 0.3) is 0 Å². The number of likely N-dealkylation sites (tertiary alicyclic amines) is 1. The fourth-order valence-corrected chi connectivity index (χ4v) is 1.71. The van der Waals surface area contributed by atoms with E-state index in [0.717, 1.165) is 25.9 Å². The third kappa shape index (κ3) is 3.77. The predicted octanol–water partition coefficient (Wildman–Crippen LogP) is 0.850. The largest absolute Gasteiger partial charge is 0.388 e. The van der Waals surface area contributed by atoms with Gasteiger partial charge in [0.15, 0.2) is 0 Å². The van der Waals surface area contributed by atoms with Gasteiger partial charge in [0.25, 0.3) is 0 Å². The Morgan fingerprint density at radius 1 is 1.40 bits per heavy atom. The molecule has 3 N–H and O–H groups in total. The lowest BCUT2D eigenvalue weighted by Gasteiger charge is -2.30. The molecule has 0 bridgehead atoms. The van der Waals surface area contributed by atoms with Gasteiger partial charge in [-0.2, -0.15) is 0 Å². The molecule has 0 aromatic heterocycles. The average molecular weight is 212 g/mol. The molecule has 0 saturated carbocycles. The van der Waals surface area contributed by atoms with Crippen LogP contribution in [0.15, 0.2) is 0 Å². The molecule has 0 spiro atoms. The molecule has 0 unspecified atom stereocenters. The van der Waals surface area contributed by atoms with E-state index in [1.807, 2.05) is 4.90 Å². The SMILES string of the molecule is CN(CCC(=N)N)C(=O)N1CCCCC1. The molecule has 0 aromatic rings. The van der Waals surface area contributed by atoms with Crippen LogP contribution in [0.2, 0.25) is 0 Å². The first-order chi connectivity index (χ1) is 7.11. The topological polar surface area (TPSA) is 73.4 Å². The Bertz CT molecular complexity index is 236. The van der Waals surface area contributed by atoms with Gasteiger partial charge in [-0.15, -0.1) is 0 Å². The molecule has 5 heteroatoms. The van der Waals surface area contributed by atoms with Crippen LogP contribution in [0.3, 0.4) is 0 Å². The van der Waals surface area contributed by atoms with Crippen molar-refractivity contribution in [2.45, 2.75) is 25.7 Å². The van der Waals surface area contributed by atoms with E-state index in [-0.39, 0.29) is 11.9 Å². The fraction of sp³-hybridized carbons (Fsp3) is 0.800. The summed E-state index contributed by atoms with van der Waals surface area (Å²) in [5, 5.41) is 7.10. The van der Waals surface area contributed by atoms with Crippen molar-refractivity contribution in [1.82, 2.24) is 9.80 Å². The number of amides is 2. The number of nitrogens with zero attached hydrogens (tertiary/aromatic N) is 2. The van der Waals surface area contributed by atoms with Gasteiger partial charge in [-0.25, -0.2) is 4.79 Å². The van der Waals surface area contributed by atoms with Gasteiger partial charge in [0, 0.05) is 33.1 Å². The molecule has 0 radical (unpaired) electrons. The summed E-state index contributed by atoms with van der Waals surface area (Å²) in [4.78, 5) is 15.4. The fourth-order valence-electron chi connectivity index (χ4n) is 1.71. The summed E-state index contributed by atoms with van der Waals surface area (Å²) in [6.45, 7) is 2.26. The Hall–Kier alpha value is -1.26. The molecule has 0 aromatic carbocycles. The zero-order valence-electron chi connectivity index (χ0n) is 9.33. The molecule has 1 rings (SSSR count). The molecule has 1 heterocycles. The molecule has 15 heavy (non-hydrogen) atoms. The van der Waals surface area contributed by atoms with E-state index in [0.29, 0.717) is 13.0 Å². The van der Waals surface area contributed by atoms with Crippen molar-refractivity contribution >= 4 is 11.9 Å². The molecular formula is C10H20N4O. The van der Waals surface area contributed by atoms with Crippen LogP contribution in [0.4, 0.5) is 4.79 Å². The van der Waals surface area contributed by atoms with Crippen LogP contribution >= 0.6 is 0 Å². The van der Waals surface area contributed by atoms with Gasteiger partial charge in [0.1, 0.15) is 0 Å². The molecule has 1 saturated heterocycles. The maximum Gasteiger partial charge on any atom is 0.319 e. The van der Waals surface area contributed by atoms with Gasteiger partial charge >= 0.3 is 6.03 Å². The van der Waals surface area contributed by atoms with Gasteiger partial charge in [-0.3, -0.25) is 5.41 Å². The Kier molecular flexibility index (Phi) is 4.39. The quantitative estimate of drug-likeness (QED) is 0.537. The number of carbonyl (C=O) groups is 1. The van der Waals surface area contributed by atoms with Crippen molar-refractivity contribution < 1.29 is 4.79 Å². The summed E-state index contributed by atoms with van der Waals surface area (Å²) >= 11 is 0. The molecule has 2 amide bonds. The van der Waals surface area contributed by atoms with Crippen LogP contribution in [0.5, 0.6) is 0 Å². The number of hydrogen-bond acceptors (Lipinski definition) is 2. The summed E-state index contributed by atoms with van der Waals surface area (Å²) in [5.41, 5.74) is 5.25. The minimum absolute atomic E-state index is 0.0657. The first-order valence-electron chi connectivity index (χ1n) is 5.44. The zero-order valence-corrected chi connectivity index (χ0v) is 9.33. The first kappa shape index (κ1) is 11.8. The minimum atomic E-state index is 0.0657. The first-order valence-corrected chi connectivity index (χ1v) is 5.44. The van der Waals surface area contributed by atoms with Crippen molar-refractivity contribution in [3.63, 3.8) is 0 Å². The number of hydrogen-bond donors (Lipinski definition) is 2. The van der Waals surface area contributed by atoms with Gasteiger partial charge in [-0.05, 0) is 19.3 Å². The summed E-state index contributed by atoms with van der Waals surface area (Å²) < 4.78 is 0. The second kappa shape index (κ2) is 5.58. The lowest BCUT2D eigenvalue weighted by Crippen LogP contribution is -2.44. The van der Waals surface area contributed by atoms with E-state index in [4.69, 9.17) is 11.1 Å². The van der Waals surface area contributed by atoms with Crippen molar-refractivity contribution in [2.75, 3.05) is 26.7 Å². The Morgan fingerprint density at radius 3 is 2.53 bits per heavy atom. The van der Waals surface area contributed by atoms with Crippen LogP contribution in [-0.2, 0) is 0 Å². The van der Waals surface area contributed by atoms with Gasteiger partial charge in [0.05, 0.1) is 5.84 Å². The standard InChI is InChI=1S/C10H20N4O/c1-13(8-5-9(11)12)10(15)14-6-3-2-4-7-14/h2-8H2,1H3,(H3,11,12). The van der Waals surface area contributed by atoms with Crippen molar-refractivity contribution in [2.24, 2.45) is 5.73 Å². The monoisotopic (exact) mass is 212 g/mol. The lowest BCUT2D eigenvalue weighted by molar-refractivity contribution is 0.154. The van der Waals surface area contributed by atoms with E-state index in [9.17, 15) is 4.79 Å². The second-order valence-electron chi connectivity index (χ2n) is 4.03. The highest BCUT2D eigenvalue weighted by atomic mass is 16.2. The molecule has 1 aliphatic rings. The summed E-state index contributed by atoms with van der Waals surface area (Å²) in [6, 6.07) is 0.0657. The highest BCUT2D eigenvalue weighted by molar-refractivity contribution is 5.78. The normalized spacial score (nSPS) is 16.2. The minimum Gasteiger partial charge on any atom is -0.388 e. The van der Waals surface area contributed by atoms with Gasteiger partial charge in [0.2, 0.25) is 0 Å². The van der Waals surface area contributed by atoms with Crippen molar-refractivity contribution in [1.29, 1.82) is 5.41 Å². The molecular weight excluding hydrogens is 192 g/mol. The molecule has 1 fully saturated rings. The van der Waals surface area contributed by atoms with Crippen molar-refractivity contribution in [3.05, 3.63) is 0 Å². The number of piperidine rings is 1. The van der Waals surface area contributed by atoms with Crippen LogP contribution in [0, 0.1) is 5.41 Å². The Labute approximate surface area is 90.7 Å². The Balaban J connectivity index is 2.33. The van der Waals surface area contributed by atoms with E-state index < -0.39 is 0 Å². The predicted molar refractivity (Wildman–Crippen MR) is 60.0 cm³/mol. The number of carbonyl (C=O) groups excluding carboxylic acids is 1. The number of nitrogens with one attached hydrogen (secondary N) is 1. The third-order valence-electron chi connectivity index (χ3n) is 2.67. The number of urea groups is 1. The maximum atomic E-state index is 11.9. The molecule has 0 atom stereocenters. The summed E-state index contributed by atoms with van der Waals surface area (Å²) in [6.07, 6.45) is 3.88. The average Bonchev–Trinajstić information content (AvgIpc) is 2.26. The maximum absolute atomic E-state index is 11.9. The number of rotatable bonds is 3. The zero-order chi connectivity index (χ0) is 11.3. The second-order valence-corrected chi connectivity index (χ2v) is 4.03. The molecule has 0 aliphatic carbocycles. The smallest absolute Gasteiger partial charge is 0.319 e. The van der Waals surface area contributed by atoms with Crippen LogP contribution in [-0.4, -0.2) is 48.3 Å². The highest BCUT2D eigenvalue weighted by Crippen LogP contribution is 2.10. The van der Waals surface area contributed by atoms with Crippen molar-refractivity contribution in [3.8, 4) is 0 Å². The van der Waals surface area contributed by atoms with E-state index >= 15 is 0 Å². The Morgan fingerprint density at radius 2 is 2.00 bits per heavy atom.